The van der Waals surface area contributed by atoms with Crippen LogP contribution < -0.4 is 4.90 Å². The average molecular weight is 484 g/mol. The molecule has 0 aliphatic rings. The van der Waals surface area contributed by atoms with Crippen molar-refractivity contribution in [2.45, 2.75) is 85.0 Å². The number of rotatable bonds is 15. The lowest BCUT2D eigenvalue weighted by atomic mass is 10.1. The third-order valence-corrected chi connectivity index (χ3v) is 6.82. The Kier molecular flexibility index (Phi) is 14.4. The van der Waals surface area contributed by atoms with Crippen LogP contribution in [0.2, 0.25) is 5.02 Å². The Morgan fingerprint density at radius 3 is 2.16 bits per heavy atom. The molecule has 0 aliphatic heterocycles. The fraction of sp³-hybridized carbons (Fsp3) is 0.640. The Balaban J connectivity index is 2.52. The monoisotopic (exact) mass is 483 g/mol. The Bertz CT molecular complexity index is 754. The highest BCUT2D eigenvalue weighted by atomic mass is 35.5. The molecule has 0 radical (unpaired) electrons. The van der Waals surface area contributed by atoms with Gasteiger partial charge in [0.2, 0.25) is 5.91 Å². The minimum absolute atomic E-state index is 0.0128. The Morgan fingerprint density at radius 1 is 0.969 bits per heavy atom. The first-order valence-electron chi connectivity index (χ1n) is 11.6. The lowest BCUT2D eigenvalue weighted by molar-refractivity contribution is -0.139. The second kappa shape index (κ2) is 16.1. The van der Waals surface area contributed by atoms with Crippen LogP contribution in [-0.2, 0) is 19.1 Å². The molecule has 0 bridgehead atoms. The molecule has 1 aromatic rings. The van der Waals surface area contributed by atoms with Gasteiger partial charge >= 0.3 is 5.97 Å². The molecular formula is C25H38ClNO4S. The quantitative estimate of drug-likeness (QED) is 0.206. The number of unbranched alkanes of at least 4 members (excludes halogenated alkanes) is 8. The molecule has 180 valence electrons. The van der Waals surface area contributed by atoms with Crippen molar-refractivity contribution in [3.8, 4) is 0 Å². The predicted octanol–water partition coefficient (Wildman–Crippen LogP) is 6.64. The van der Waals surface area contributed by atoms with Crippen molar-refractivity contribution in [3.63, 3.8) is 0 Å². The van der Waals surface area contributed by atoms with Gasteiger partial charge in [0.15, 0.2) is 5.12 Å². The number of carbonyl (C=O) groups is 3. The molecule has 0 atom stereocenters. The zero-order valence-electron chi connectivity index (χ0n) is 20.0. The number of methoxy groups -OCH3 is 1. The van der Waals surface area contributed by atoms with Gasteiger partial charge in [0, 0.05) is 11.4 Å². The summed E-state index contributed by atoms with van der Waals surface area (Å²) in [6, 6.07) is 3.57. The first kappa shape index (κ1) is 28.5. The van der Waals surface area contributed by atoms with Crippen LogP contribution in [0.3, 0.4) is 0 Å². The van der Waals surface area contributed by atoms with E-state index in [2.05, 4.69) is 6.92 Å². The number of anilines is 1. The molecule has 0 saturated carbocycles. The van der Waals surface area contributed by atoms with Crippen LogP contribution in [0.4, 0.5) is 5.69 Å². The van der Waals surface area contributed by atoms with Crippen molar-refractivity contribution in [1.82, 2.24) is 0 Å². The normalized spacial score (nSPS) is 10.8. The van der Waals surface area contributed by atoms with E-state index in [0.29, 0.717) is 17.1 Å². The smallest absolute Gasteiger partial charge is 0.325 e. The van der Waals surface area contributed by atoms with Crippen molar-refractivity contribution in [2.75, 3.05) is 24.3 Å². The number of nitrogens with zero attached hydrogens (tertiary/aromatic N) is 1. The summed E-state index contributed by atoms with van der Waals surface area (Å²) in [5.74, 6) is -0.851. The van der Waals surface area contributed by atoms with Gasteiger partial charge in [-0.05, 0) is 37.5 Å². The molecule has 0 aliphatic carbocycles. The third kappa shape index (κ3) is 10.4. The van der Waals surface area contributed by atoms with E-state index in [9.17, 15) is 14.4 Å². The van der Waals surface area contributed by atoms with Crippen LogP contribution >= 0.6 is 23.4 Å². The summed E-state index contributed by atoms with van der Waals surface area (Å²) in [4.78, 5) is 38.5. The first-order chi connectivity index (χ1) is 15.3. The van der Waals surface area contributed by atoms with Gasteiger partial charge in [0.1, 0.15) is 6.54 Å². The molecule has 0 spiro atoms. The van der Waals surface area contributed by atoms with Crippen LogP contribution in [-0.4, -0.2) is 36.4 Å². The number of hydrogen-bond acceptors (Lipinski definition) is 5. The number of hydrogen-bond donors (Lipinski definition) is 0. The first-order valence-corrected chi connectivity index (χ1v) is 13.0. The van der Waals surface area contributed by atoms with E-state index in [-0.39, 0.29) is 23.3 Å². The molecule has 5 nitrogen and oxygen atoms in total. The topological polar surface area (TPSA) is 63.7 Å². The van der Waals surface area contributed by atoms with Gasteiger partial charge < -0.3 is 4.74 Å². The SMILES string of the molecule is CCCCCCCCCCCC(=O)SCC(=O)N(CC(=O)OC)c1c(C)ccc(Cl)c1C. The number of aryl methyl sites for hydroxylation is 1. The Labute approximate surface area is 202 Å². The van der Waals surface area contributed by atoms with E-state index in [1.807, 2.05) is 19.9 Å². The van der Waals surface area contributed by atoms with Gasteiger partial charge in [-0.25, -0.2) is 0 Å². The van der Waals surface area contributed by atoms with E-state index in [0.717, 1.165) is 42.2 Å². The maximum atomic E-state index is 12.9. The maximum Gasteiger partial charge on any atom is 0.325 e. The van der Waals surface area contributed by atoms with Gasteiger partial charge in [-0.2, -0.15) is 0 Å². The van der Waals surface area contributed by atoms with Crippen molar-refractivity contribution in [2.24, 2.45) is 0 Å². The standard InChI is InChI=1S/C25H38ClNO4S/c1-5-6-7-8-9-10-11-12-13-14-24(30)32-18-22(28)27(17-23(29)31-4)25-19(2)15-16-21(26)20(25)3/h15-16H,5-14,17-18H2,1-4H3. The van der Waals surface area contributed by atoms with Crippen LogP contribution in [0.1, 0.15) is 82.3 Å². The number of thioether (sulfide) groups is 1. The largest absolute Gasteiger partial charge is 0.468 e. The zero-order valence-corrected chi connectivity index (χ0v) is 21.6. The number of benzene rings is 1. The van der Waals surface area contributed by atoms with E-state index in [1.54, 1.807) is 6.07 Å². The Hall–Kier alpha value is -1.53. The highest BCUT2D eigenvalue weighted by molar-refractivity contribution is 8.14. The van der Waals surface area contributed by atoms with E-state index in [1.165, 1.54) is 50.5 Å². The van der Waals surface area contributed by atoms with Gasteiger partial charge in [-0.3, -0.25) is 19.3 Å². The minimum atomic E-state index is -0.525. The van der Waals surface area contributed by atoms with Gasteiger partial charge in [-0.1, -0.05) is 87.7 Å². The number of carbonyl (C=O) groups excluding carboxylic acids is 3. The van der Waals surface area contributed by atoms with Gasteiger partial charge in [-0.15, -0.1) is 0 Å². The fourth-order valence-electron chi connectivity index (χ4n) is 3.58. The van der Waals surface area contributed by atoms with Gasteiger partial charge in [0.25, 0.3) is 0 Å². The van der Waals surface area contributed by atoms with Crippen LogP contribution in [0.15, 0.2) is 12.1 Å². The molecule has 0 saturated heterocycles. The molecule has 32 heavy (non-hydrogen) atoms. The van der Waals surface area contributed by atoms with Crippen LogP contribution in [0, 0.1) is 13.8 Å². The second-order valence-corrected chi connectivity index (χ2v) is 9.57. The third-order valence-electron chi connectivity index (χ3n) is 5.49. The highest BCUT2D eigenvalue weighted by Crippen LogP contribution is 2.31. The lowest BCUT2D eigenvalue weighted by Crippen LogP contribution is -2.38. The summed E-state index contributed by atoms with van der Waals surface area (Å²) < 4.78 is 4.76. The summed E-state index contributed by atoms with van der Waals surface area (Å²) in [5.41, 5.74) is 2.14. The summed E-state index contributed by atoms with van der Waals surface area (Å²) in [7, 11) is 1.28. The van der Waals surface area contributed by atoms with Gasteiger partial charge in [0.05, 0.1) is 18.6 Å². The fourth-order valence-corrected chi connectivity index (χ4v) is 4.47. The average Bonchev–Trinajstić information content (AvgIpc) is 2.78. The number of halogens is 1. The second-order valence-electron chi connectivity index (χ2n) is 8.13. The Morgan fingerprint density at radius 2 is 1.56 bits per heavy atom. The number of esters is 1. The minimum Gasteiger partial charge on any atom is -0.468 e. The molecule has 0 N–H and O–H groups in total. The van der Waals surface area contributed by atoms with Crippen LogP contribution in [0.5, 0.6) is 0 Å². The number of ether oxygens (including phenoxy) is 1. The highest BCUT2D eigenvalue weighted by Gasteiger charge is 2.24. The van der Waals surface area contributed by atoms with E-state index >= 15 is 0 Å². The molecule has 1 aromatic carbocycles. The van der Waals surface area contributed by atoms with Crippen LogP contribution in [0.25, 0.3) is 0 Å². The van der Waals surface area contributed by atoms with Crippen molar-refractivity contribution >= 4 is 46.0 Å². The molecule has 0 heterocycles. The summed E-state index contributed by atoms with van der Waals surface area (Å²) in [5, 5.41) is 0.529. The molecular weight excluding hydrogens is 446 g/mol. The number of amides is 1. The maximum absolute atomic E-state index is 12.9. The molecule has 0 fully saturated rings. The summed E-state index contributed by atoms with van der Waals surface area (Å²) in [6.45, 7) is 5.67. The predicted molar refractivity (Wildman–Crippen MR) is 135 cm³/mol. The van der Waals surface area contributed by atoms with E-state index in [4.69, 9.17) is 16.3 Å². The molecule has 0 unspecified atom stereocenters. The zero-order chi connectivity index (χ0) is 23.9. The van der Waals surface area contributed by atoms with Crippen molar-refractivity contribution in [3.05, 3.63) is 28.3 Å². The van der Waals surface area contributed by atoms with Crippen molar-refractivity contribution < 1.29 is 19.1 Å². The lowest BCUT2D eigenvalue weighted by Gasteiger charge is -2.25. The summed E-state index contributed by atoms with van der Waals surface area (Å²) in [6.07, 6.45) is 11.2. The van der Waals surface area contributed by atoms with Crippen molar-refractivity contribution in [1.29, 1.82) is 0 Å². The van der Waals surface area contributed by atoms with E-state index < -0.39 is 5.97 Å². The summed E-state index contributed by atoms with van der Waals surface area (Å²) >= 11 is 7.26. The molecule has 7 heteroatoms. The molecule has 1 rings (SSSR count). The molecule has 0 aromatic heterocycles. The molecule has 1 amide bonds.